The van der Waals surface area contributed by atoms with Gasteiger partial charge >= 0.3 is 0 Å². The Balaban J connectivity index is 2.18. The van der Waals surface area contributed by atoms with Gasteiger partial charge < -0.3 is 11.1 Å². The molecular weight excluding hydrogens is 274 g/mol. The van der Waals surface area contributed by atoms with Crippen LogP contribution in [0.3, 0.4) is 0 Å². The maximum absolute atomic E-state index is 13.7. The van der Waals surface area contributed by atoms with Gasteiger partial charge in [0.25, 0.3) is 5.91 Å². The number of nitrogens with two attached hydrogens (primary N) is 1. The molecular formula is C16H16F2N2O. The van der Waals surface area contributed by atoms with E-state index in [0.717, 1.165) is 23.8 Å². The van der Waals surface area contributed by atoms with Crippen LogP contribution < -0.4 is 11.1 Å². The number of carbonyl (C=O) groups excluding carboxylic acids is 1. The molecule has 1 amide bonds. The molecule has 0 spiro atoms. The number of amides is 1. The van der Waals surface area contributed by atoms with Crippen LogP contribution in [0.15, 0.2) is 36.4 Å². The third-order valence-corrected chi connectivity index (χ3v) is 3.31. The Kier molecular flexibility index (Phi) is 4.21. The second-order valence-corrected chi connectivity index (χ2v) is 4.93. The number of rotatable bonds is 3. The number of hydrogen-bond acceptors (Lipinski definition) is 2. The van der Waals surface area contributed by atoms with Gasteiger partial charge in [-0.25, -0.2) is 8.78 Å². The normalized spacial score (nSPS) is 12.0. The van der Waals surface area contributed by atoms with Crippen molar-refractivity contribution in [3.8, 4) is 0 Å². The van der Waals surface area contributed by atoms with E-state index in [-0.39, 0.29) is 5.56 Å². The molecule has 0 heterocycles. The van der Waals surface area contributed by atoms with Gasteiger partial charge in [-0.1, -0.05) is 6.07 Å². The van der Waals surface area contributed by atoms with Crippen LogP contribution in [0.4, 0.5) is 14.5 Å². The van der Waals surface area contributed by atoms with Crippen LogP contribution >= 0.6 is 0 Å². The van der Waals surface area contributed by atoms with Crippen molar-refractivity contribution in [2.24, 2.45) is 0 Å². The summed E-state index contributed by atoms with van der Waals surface area (Å²) in [5.41, 5.74) is 7.61. The largest absolute Gasteiger partial charge is 0.398 e. The Morgan fingerprint density at radius 2 is 1.90 bits per heavy atom. The van der Waals surface area contributed by atoms with E-state index in [9.17, 15) is 13.6 Å². The van der Waals surface area contributed by atoms with E-state index in [0.29, 0.717) is 11.3 Å². The molecule has 0 radical (unpaired) electrons. The molecule has 0 saturated carbocycles. The molecule has 0 bridgehead atoms. The minimum atomic E-state index is -0.657. The molecule has 2 aromatic carbocycles. The average Bonchev–Trinajstić information content (AvgIpc) is 2.44. The third kappa shape index (κ3) is 3.37. The van der Waals surface area contributed by atoms with Gasteiger partial charge in [0.05, 0.1) is 6.04 Å². The molecule has 2 aromatic rings. The van der Waals surface area contributed by atoms with E-state index < -0.39 is 23.6 Å². The molecule has 3 nitrogen and oxygen atoms in total. The van der Waals surface area contributed by atoms with Crippen molar-refractivity contribution in [2.45, 2.75) is 19.9 Å². The molecule has 0 aliphatic heterocycles. The van der Waals surface area contributed by atoms with Crippen LogP contribution in [0.5, 0.6) is 0 Å². The zero-order valence-electron chi connectivity index (χ0n) is 11.8. The van der Waals surface area contributed by atoms with E-state index >= 15 is 0 Å². The highest BCUT2D eigenvalue weighted by atomic mass is 19.1. The molecule has 0 saturated heterocycles. The summed E-state index contributed by atoms with van der Waals surface area (Å²) in [7, 11) is 0. The maximum atomic E-state index is 13.7. The number of benzene rings is 2. The van der Waals surface area contributed by atoms with E-state index in [4.69, 9.17) is 5.73 Å². The van der Waals surface area contributed by atoms with Gasteiger partial charge in [0.1, 0.15) is 11.6 Å². The van der Waals surface area contributed by atoms with Gasteiger partial charge in [-0.15, -0.1) is 0 Å². The van der Waals surface area contributed by atoms with E-state index in [1.165, 1.54) is 0 Å². The minimum Gasteiger partial charge on any atom is -0.398 e. The fourth-order valence-corrected chi connectivity index (χ4v) is 1.99. The predicted molar refractivity (Wildman–Crippen MR) is 77.8 cm³/mol. The molecule has 0 aromatic heterocycles. The lowest BCUT2D eigenvalue weighted by Crippen LogP contribution is -2.27. The molecule has 3 N–H and O–H groups in total. The lowest BCUT2D eigenvalue weighted by atomic mass is 10.1. The summed E-state index contributed by atoms with van der Waals surface area (Å²) < 4.78 is 26.8. The number of aryl methyl sites for hydroxylation is 1. The van der Waals surface area contributed by atoms with Crippen molar-refractivity contribution in [1.29, 1.82) is 0 Å². The average molecular weight is 290 g/mol. The van der Waals surface area contributed by atoms with E-state index in [1.54, 1.807) is 25.1 Å². The lowest BCUT2D eigenvalue weighted by Gasteiger charge is -2.15. The summed E-state index contributed by atoms with van der Waals surface area (Å²) in [6.07, 6.45) is 0. The Bertz CT molecular complexity index is 686. The summed E-state index contributed by atoms with van der Waals surface area (Å²) in [5, 5.41) is 2.63. The predicted octanol–water partition coefficient (Wildman–Crippen LogP) is 3.35. The molecule has 5 heteroatoms. The first-order valence-corrected chi connectivity index (χ1v) is 6.50. The highest BCUT2D eigenvalue weighted by Crippen LogP contribution is 2.19. The summed E-state index contributed by atoms with van der Waals surface area (Å²) in [5.74, 6) is -1.50. The standard InChI is InChI=1S/C16H16F2N2O/c1-9-3-4-11(7-15(9)19)16(21)20-10(2)13-8-12(17)5-6-14(13)18/h3-8,10H,19H2,1-2H3,(H,20,21). The number of anilines is 1. The molecule has 21 heavy (non-hydrogen) atoms. The molecule has 1 unspecified atom stereocenters. The zero-order valence-corrected chi connectivity index (χ0v) is 11.8. The van der Waals surface area contributed by atoms with Crippen LogP contribution in [-0.4, -0.2) is 5.91 Å². The molecule has 2 rings (SSSR count). The molecule has 1 atom stereocenters. The van der Waals surface area contributed by atoms with Crippen LogP contribution in [0.1, 0.15) is 34.5 Å². The Morgan fingerprint density at radius 3 is 2.57 bits per heavy atom. The third-order valence-electron chi connectivity index (χ3n) is 3.31. The van der Waals surface area contributed by atoms with Crippen LogP contribution in [-0.2, 0) is 0 Å². The van der Waals surface area contributed by atoms with Crippen molar-refractivity contribution >= 4 is 11.6 Å². The van der Waals surface area contributed by atoms with Gasteiger partial charge in [0, 0.05) is 16.8 Å². The Labute approximate surface area is 121 Å². The van der Waals surface area contributed by atoms with Gasteiger partial charge in [-0.3, -0.25) is 4.79 Å². The zero-order chi connectivity index (χ0) is 15.6. The topological polar surface area (TPSA) is 55.1 Å². The van der Waals surface area contributed by atoms with Gasteiger partial charge in [0.2, 0.25) is 0 Å². The molecule has 0 aliphatic rings. The number of nitrogen functional groups attached to an aromatic ring is 1. The van der Waals surface area contributed by atoms with Crippen LogP contribution in [0, 0.1) is 18.6 Å². The monoisotopic (exact) mass is 290 g/mol. The Hall–Kier alpha value is -2.43. The summed E-state index contributed by atoms with van der Waals surface area (Å²) in [4.78, 5) is 12.1. The fraction of sp³-hybridized carbons (Fsp3) is 0.188. The SMILES string of the molecule is Cc1ccc(C(=O)NC(C)c2cc(F)ccc2F)cc1N. The van der Waals surface area contributed by atoms with E-state index in [2.05, 4.69) is 5.32 Å². The Morgan fingerprint density at radius 1 is 1.19 bits per heavy atom. The van der Waals surface area contributed by atoms with Gasteiger partial charge in [0.15, 0.2) is 0 Å². The number of nitrogens with one attached hydrogen (secondary N) is 1. The fourth-order valence-electron chi connectivity index (χ4n) is 1.99. The first-order chi connectivity index (χ1) is 9.88. The number of carbonyl (C=O) groups is 1. The van der Waals surface area contributed by atoms with E-state index in [1.807, 2.05) is 6.92 Å². The van der Waals surface area contributed by atoms with Gasteiger partial charge in [-0.2, -0.15) is 0 Å². The first-order valence-electron chi connectivity index (χ1n) is 6.50. The molecule has 0 fully saturated rings. The second-order valence-electron chi connectivity index (χ2n) is 4.93. The van der Waals surface area contributed by atoms with Gasteiger partial charge in [-0.05, 0) is 49.7 Å². The smallest absolute Gasteiger partial charge is 0.251 e. The lowest BCUT2D eigenvalue weighted by molar-refractivity contribution is 0.0939. The molecule has 0 aliphatic carbocycles. The first kappa shape index (κ1) is 15.0. The van der Waals surface area contributed by atoms with Crippen LogP contribution in [0.25, 0.3) is 0 Å². The highest BCUT2D eigenvalue weighted by Gasteiger charge is 2.16. The summed E-state index contributed by atoms with van der Waals surface area (Å²) in [6.45, 7) is 3.43. The number of halogens is 2. The maximum Gasteiger partial charge on any atom is 0.251 e. The quantitative estimate of drug-likeness (QED) is 0.852. The van der Waals surface area contributed by atoms with Crippen LogP contribution in [0.2, 0.25) is 0 Å². The summed E-state index contributed by atoms with van der Waals surface area (Å²) in [6, 6.07) is 7.41. The van der Waals surface area contributed by atoms with Crippen molar-refractivity contribution in [2.75, 3.05) is 5.73 Å². The van der Waals surface area contributed by atoms with Crippen molar-refractivity contribution in [1.82, 2.24) is 5.32 Å². The van der Waals surface area contributed by atoms with Crippen molar-refractivity contribution in [3.05, 3.63) is 64.7 Å². The highest BCUT2D eigenvalue weighted by molar-refractivity contribution is 5.95. The van der Waals surface area contributed by atoms with Crippen molar-refractivity contribution in [3.63, 3.8) is 0 Å². The second kappa shape index (κ2) is 5.91. The molecule has 110 valence electrons. The minimum absolute atomic E-state index is 0.100. The van der Waals surface area contributed by atoms with Crippen molar-refractivity contribution < 1.29 is 13.6 Å². The summed E-state index contributed by atoms with van der Waals surface area (Å²) >= 11 is 0. The number of hydrogen-bond donors (Lipinski definition) is 2.